The van der Waals surface area contributed by atoms with Crippen molar-refractivity contribution >= 4 is 0 Å². The van der Waals surface area contributed by atoms with Gasteiger partial charge in [-0.3, -0.25) is 4.90 Å². The maximum atomic E-state index is 10.6. The summed E-state index contributed by atoms with van der Waals surface area (Å²) in [4.78, 5) is 2.48. The summed E-state index contributed by atoms with van der Waals surface area (Å²) in [5.41, 5.74) is 1.51. The van der Waals surface area contributed by atoms with E-state index < -0.39 is 0 Å². The molecule has 1 heterocycles. The van der Waals surface area contributed by atoms with Gasteiger partial charge in [-0.2, -0.15) is 0 Å². The standard InChI is InChI=1S/C17H27NO/c1-4-15(16(19)14-8-6-5-7-9-14)18-12-10-17(2,3)11-13-18/h5-9,15-16,19H,4,10-13H2,1-3H3. The first-order chi connectivity index (χ1) is 9.03. The minimum Gasteiger partial charge on any atom is -0.387 e. The van der Waals surface area contributed by atoms with Crippen molar-refractivity contribution in [2.45, 2.75) is 52.2 Å². The van der Waals surface area contributed by atoms with Gasteiger partial charge in [0.25, 0.3) is 0 Å². The first-order valence-corrected chi connectivity index (χ1v) is 7.50. The van der Waals surface area contributed by atoms with Crippen LogP contribution in [0.3, 0.4) is 0 Å². The van der Waals surface area contributed by atoms with Gasteiger partial charge in [0.1, 0.15) is 0 Å². The molecular weight excluding hydrogens is 234 g/mol. The quantitative estimate of drug-likeness (QED) is 0.895. The summed E-state index contributed by atoms with van der Waals surface area (Å²) in [7, 11) is 0. The molecule has 0 saturated carbocycles. The molecule has 2 heteroatoms. The molecule has 2 atom stereocenters. The molecule has 1 aromatic rings. The van der Waals surface area contributed by atoms with Crippen molar-refractivity contribution in [3.8, 4) is 0 Å². The lowest BCUT2D eigenvalue weighted by Crippen LogP contribution is -2.46. The van der Waals surface area contributed by atoms with Crippen LogP contribution in [-0.2, 0) is 0 Å². The van der Waals surface area contributed by atoms with E-state index in [1.807, 2.05) is 30.3 Å². The van der Waals surface area contributed by atoms with Crippen molar-refractivity contribution in [2.75, 3.05) is 13.1 Å². The van der Waals surface area contributed by atoms with Crippen molar-refractivity contribution < 1.29 is 5.11 Å². The van der Waals surface area contributed by atoms with Gasteiger partial charge in [-0.05, 0) is 43.3 Å². The summed E-state index contributed by atoms with van der Waals surface area (Å²) in [6.45, 7) is 9.08. The minimum absolute atomic E-state index is 0.249. The second-order valence-corrected chi connectivity index (χ2v) is 6.53. The number of benzene rings is 1. The van der Waals surface area contributed by atoms with Crippen LogP contribution in [0.4, 0.5) is 0 Å². The largest absolute Gasteiger partial charge is 0.387 e. The fraction of sp³-hybridized carbons (Fsp3) is 0.647. The average Bonchev–Trinajstić information content (AvgIpc) is 2.42. The molecule has 0 aliphatic carbocycles. The number of hydrogen-bond acceptors (Lipinski definition) is 2. The van der Waals surface area contributed by atoms with Crippen LogP contribution in [0.25, 0.3) is 0 Å². The van der Waals surface area contributed by atoms with E-state index in [0.717, 1.165) is 25.1 Å². The van der Waals surface area contributed by atoms with Gasteiger partial charge >= 0.3 is 0 Å². The molecule has 1 N–H and O–H groups in total. The minimum atomic E-state index is -0.368. The van der Waals surface area contributed by atoms with Crippen LogP contribution in [0, 0.1) is 5.41 Å². The number of hydrogen-bond donors (Lipinski definition) is 1. The Labute approximate surface area is 117 Å². The number of aliphatic hydroxyl groups excluding tert-OH is 1. The molecule has 2 unspecified atom stereocenters. The molecule has 19 heavy (non-hydrogen) atoms. The average molecular weight is 261 g/mol. The predicted octanol–water partition coefficient (Wildman–Crippen LogP) is 3.62. The zero-order valence-corrected chi connectivity index (χ0v) is 12.5. The van der Waals surface area contributed by atoms with Crippen LogP contribution in [0.2, 0.25) is 0 Å². The molecule has 1 fully saturated rings. The summed E-state index contributed by atoms with van der Waals surface area (Å²) < 4.78 is 0. The highest BCUT2D eigenvalue weighted by atomic mass is 16.3. The molecule has 0 aromatic heterocycles. The smallest absolute Gasteiger partial charge is 0.0945 e. The first-order valence-electron chi connectivity index (χ1n) is 7.50. The topological polar surface area (TPSA) is 23.5 Å². The van der Waals surface area contributed by atoms with Crippen molar-refractivity contribution in [3.63, 3.8) is 0 Å². The molecule has 2 rings (SSSR count). The highest BCUT2D eigenvalue weighted by Crippen LogP contribution is 2.33. The Morgan fingerprint density at radius 3 is 2.26 bits per heavy atom. The van der Waals surface area contributed by atoms with Gasteiger partial charge in [0.2, 0.25) is 0 Å². The zero-order chi connectivity index (χ0) is 13.9. The Hall–Kier alpha value is -0.860. The van der Waals surface area contributed by atoms with Gasteiger partial charge < -0.3 is 5.11 Å². The molecule has 1 aliphatic rings. The van der Waals surface area contributed by atoms with E-state index in [-0.39, 0.29) is 12.1 Å². The second kappa shape index (κ2) is 6.06. The first kappa shape index (κ1) is 14.5. The monoisotopic (exact) mass is 261 g/mol. The summed E-state index contributed by atoms with van der Waals surface area (Å²) in [6, 6.07) is 10.3. The maximum absolute atomic E-state index is 10.6. The van der Waals surface area contributed by atoms with E-state index in [0.29, 0.717) is 5.41 Å². The number of nitrogens with zero attached hydrogens (tertiary/aromatic N) is 1. The van der Waals surface area contributed by atoms with Crippen LogP contribution in [0.1, 0.15) is 51.7 Å². The Balaban J connectivity index is 2.04. The predicted molar refractivity (Wildman–Crippen MR) is 80.1 cm³/mol. The van der Waals surface area contributed by atoms with E-state index in [2.05, 4.69) is 25.7 Å². The highest BCUT2D eigenvalue weighted by Gasteiger charge is 2.32. The van der Waals surface area contributed by atoms with Crippen molar-refractivity contribution in [3.05, 3.63) is 35.9 Å². The summed E-state index contributed by atoms with van der Waals surface area (Å²) >= 11 is 0. The molecule has 106 valence electrons. The maximum Gasteiger partial charge on any atom is 0.0945 e. The second-order valence-electron chi connectivity index (χ2n) is 6.53. The lowest BCUT2D eigenvalue weighted by Gasteiger charge is -2.42. The van der Waals surface area contributed by atoms with Crippen molar-refractivity contribution in [2.24, 2.45) is 5.41 Å². The van der Waals surface area contributed by atoms with E-state index in [1.54, 1.807) is 0 Å². The van der Waals surface area contributed by atoms with Gasteiger partial charge in [-0.1, -0.05) is 51.1 Å². The molecule has 1 saturated heterocycles. The van der Waals surface area contributed by atoms with E-state index >= 15 is 0 Å². The normalized spacial score (nSPS) is 22.9. The summed E-state index contributed by atoms with van der Waals surface area (Å²) in [5.74, 6) is 0. The van der Waals surface area contributed by atoms with Crippen LogP contribution in [0.15, 0.2) is 30.3 Å². The third kappa shape index (κ3) is 3.58. The highest BCUT2D eigenvalue weighted by molar-refractivity contribution is 5.19. The molecular formula is C17H27NO. The van der Waals surface area contributed by atoms with Gasteiger partial charge in [-0.25, -0.2) is 0 Å². The Kier molecular flexibility index (Phi) is 4.64. The van der Waals surface area contributed by atoms with E-state index in [4.69, 9.17) is 0 Å². The number of likely N-dealkylation sites (tertiary alicyclic amines) is 1. The fourth-order valence-electron chi connectivity index (χ4n) is 3.01. The third-order valence-corrected chi connectivity index (χ3v) is 4.54. The third-order valence-electron chi connectivity index (χ3n) is 4.54. The van der Waals surface area contributed by atoms with Gasteiger partial charge in [0, 0.05) is 6.04 Å². The Morgan fingerprint density at radius 2 is 1.74 bits per heavy atom. The Bertz CT molecular complexity index is 378. The number of aliphatic hydroxyl groups is 1. The van der Waals surface area contributed by atoms with E-state index in [9.17, 15) is 5.11 Å². The van der Waals surface area contributed by atoms with Crippen LogP contribution in [0.5, 0.6) is 0 Å². The Morgan fingerprint density at radius 1 is 1.16 bits per heavy atom. The number of rotatable bonds is 4. The molecule has 0 bridgehead atoms. The van der Waals surface area contributed by atoms with E-state index in [1.165, 1.54) is 12.8 Å². The lowest BCUT2D eigenvalue weighted by molar-refractivity contribution is 0.0131. The molecule has 0 radical (unpaired) electrons. The number of piperidine rings is 1. The SMILES string of the molecule is CCC(C(O)c1ccccc1)N1CCC(C)(C)CC1. The van der Waals surface area contributed by atoms with Crippen LogP contribution < -0.4 is 0 Å². The van der Waals surface area contributed by atoms with Gasteiger partial charge in [0.15, 0.2) is 0 Å². The van der Waals surface area contributed by atoms with Crippen LogP contribution >= 0.6 is 0 Å². The van der Waals surface area contributed by atoms with Gasteiger partial charge in [0.05, 0.1) is 6.10 Å². The van der Waals surface area contributed by atoms with Crippen molar-refractivity contribution in [1.82, 2.24) is 4.90 Å². The summed E-state index contributed by atoms with van der Waals surface area (Å²) in [5, 5.41) is 10.6. The lowest BCUT2D eigenvalue weighted by atomic mass is 9.81. The molecule has 0 spiro atoms. The molecule has 1 aliphatic heterocycles. The summed E-state index contributed by atoms with van der Waals surface area (Å²) in [6.07, 6.45) is 3.08. The molecule has 0 amide bonds. The van der Waals surface area contributed by atoms with Crippen molar-refractivity contribution in [1.29, 1.82) is 0 Å². The molecule has 2 nitrogen and oxygen atoms in total. The van der Waals surface area contributed by atoms with Crippen LogP contribution in [-0.4, -0.2) is 29.1 Å². The zero-order valence-electron chi connectivity index (χ0n) is 12.5. The fourth-order valence-corrected chi connectivity index (χ4v) is 3.01. The molecule has 1 aromatic carbocycles. The van der Waals surface area contributed by atoms with Gasteiger partial charge in [-0.15, -0.1) is 0 Å².